The molecule has 1 aliphatic heterocycles. The van der Waals surface area contributed by atoms with Crippen LogP contribution in [0.25, 0.3) is 0 Å². The molecule has 3 rings (SSSR count). The van der Waals surface area contributed by atoms with E-state index in [9.17, 15) is 9.59 Å². The number of ether oxygens (including phenoxy) is 3. The lowest BCUT2D eigenvalue weighted by Gasteiger charge is -2.12. The molecule has 1 heterocycles. The molecular weight excluding hydrogens is 384 g/mol. The molecule has 7 nitrogen and oxygen atoms in total. The third kappa shape index (κ3) is 6.77. The Morgan fingerprint density at radius 1 is 1.07 bits per heavy atom. The summed E-state index contributed by atoms with van der Waals surface area (Å²) >= 11 is 0. The minimum atomic E-state index is -0.343. The van der Waals surface area contributed by atoms with E-state index in [1.807, 2.05) is 19.1 Å². The van der Waals surface area contributed by atoms with Crippen molar-refractivity contribution in [2.24, 2.45) is 0 Å². The number of rotatable bonds is 10. The number of carbonyl (C=O) groups is 2. The number of benzene rings is 2. The summed E-state index contributed by atoms with van der Waals surface area (Å²) in [5, 5.41) is 5.87. The van der Waals surface area contributed by atoms with Gasteiger partial charge in [0, 0.05) is 18.0 Å². The van der Waals surface area contributed by atoms with Crippen molar-refractivity contribution in [3.63, 3.8) is 0 Å². The molecule has 7 heteroatoms. The normalized spacial score (nSPS) is 15.4. The van der Waals surface area contributed by atoms with Gasteiger partial charge in [-0.1, -0.05) is 6.92 Å². The predicted octanol–water partition coefficient (Wildman–Crippen LogP) is 3.86. The largest absolute Gasteiger partial charge is 0.491 e. The first kappa shape index (κ1) is 21.6. The maximum Gasteiger partial charge on any atom is 0.338 e. The van der Waals surface area contributed by atoms with Gasteiger partial charge >= 0.3 is 5.97 Å². The second kappa shape index (κ2) is 11.2. The fraction of sp³-hybridized carbons (Fsp3) is 0.391. The van der Waals surface area contributed by atoms with Gasteiger partial charge in [0.25, 0.3) is 0 Å². The van der Waals surface area contributed by atoms with Crippen molar-refractivity contribution in [1.82, 2.24) is 0 Å². The van der Waals surface area contributed by atoms with Gasteiger partial charge < -0.3 is 24.8 Å². The minimum absolute atomic E-state index is 0.108. The van der Waals surface area contributed by atoms with Crippen LogP contribution in [0.5, 0.6) is 5.75 Å². The summed E-state index contributed by atoms with van der Waals surface area (Å²) in [5.41, 5.74) is 1.93. The zero-order chi connectivity index (χ0) is 21.2. The highest BCUT2D eigenvalue weighted by Gasteiger charge is 2.16. The van der Waals surface area contributed by atoms with E-state index in [0.717, 1.165) is 37.3 Å². The first-order chi connectivity index (χ1) is 14.6. The van der Waals surface area contributed by atoms with Gasteiger partial charge in [0.2, 0.25) is 5.91 Å². The Bertz CT molecular complexity index is 814. The molecule has 0 bridgehead atoms. The fourth-order valence-electron chi connectivity index (χ4n) is 2.99. The summed E-state index contributed by atoms with van der Waals surface area (Å²) < 4.78 is 16.3. The van der Waals surface area contributed by atoms with Crippen LogP contribution in [0.3, 0.4) is 0 Å². The van der Waals surface area contributed by atoms with Crippen LogP contribution in [0, 0.1) is 0 Å². The van der Waals surface area contributed by atoms with E-state index >= 15 is 0 Å². The lowest BCUT2D eigenvalue weighted by Crippen LogP contribution is -2.21. The van der Waals surface area contributed by atoms with Gasteiger partial charge in [0.05, 0.1) is 24.8 Å². The number of hydrogen-bond acceptors (Lipinski definition) is 6. The number of anilines is 2. The molecule has 0 radical (unpaired) electrons. The molecule has 30 heavy (non-hydrogen) atoms. The molecule has 1 atom stereocenters. The standard InChI is InChI=1S/C23H28N2O5/c1-2-13-29-23(27)17-5-7-18(8-6-17)24-15-22(26)25-19-9-11-20(12-10-19)30-16-21-4-3-14-28-21/h5-12,21,24H,2-4,13-16H2,1H3,(H,25,26). The number of amides is 1. The molecule has 0 aliphatic carbocycles. The van der Waals surface area contributed by atoms with E-state index in [-0.39, 0.29) is 24.5 Å². The van der Waals surface area contributed by atoms with Gasteiger partial charge in [0.15, 0.2) is 0 Å². The number of nitrogens with one attached hydrogen (secondary N) is 2. The van der Waals surface area contributed by atoms with E-state index in [4.69, 9.17) is 14.2 Å². The molecule has 2 aromatic carbocycles. The van der Waals surface area contributed by atoms with Crippen molar-refractivity contribution < 1.29 is 23.8 Å². The summed E-state index contributed by atoms with van der Waals surface area (Å²) in [5.74, 6) is 0.234. The number of hydrogen-bond donors (Lipinski definition) is 2. The molecule has 2 aromatic rings. The monoisotopic (exact) mass is 412 g/mol. The molecule has 0 aromatic heterocycles. The third-order valence-corrected chi connectivity index (χ3v) is 4.61. The van der Waals surface area contributed by atoms with Crippen molar-refractivity contribution in [2.45, 2.75) is 32.3 Å². The second-order valence-electron chi connectivity index (χ2n) is 7.09. The maximum atomic E-state index is 12.2. The van der Waals surface area contributed by atoms with E-state index < -0.39 is 0 Å². The first-order valence-electron chi connectivity index (χ1n) is 10.3. The lowest BCUT2D eigenvalue weighted by atomic mass is 10.2. The molecule has 2 N–H and O–H groups in total. The van der Waals surface area contributed by atoms with Crippen LogP contribution in [0.1, 0.15) is 36.5 Å². The van der Waals surface area contributed by atoms with Crippen LogP contribution >= 0.6 is 0 Å². The van der Waals surface area contributed by atoms with Crippen molar-refractivity contribution in [3.8, 4) is 5.75 Å². The summed E-state index contributed by atoms with van der Waals surface area (Å²) in [6.07, 6.45) is 3.08. The molecule has 1 fully saturated rings. The van der Waals surface area contributed by atoms with Gasteiger partial charge in [-0.05, 0) is 67.8 Å². The Labute approximate surface area is 176 Å². The highest BCUT2D eigenvalue weighted by atomic mass is 16.5. The van der Waals surface area contributed by atoms with Crippen LogP contribution in [-0.2, 0) is 14.3 Å². The first-order valence-corrected chi connectivity index (χ1v) is 10.3. The van der Waals surface area contributed by atoms with E-state index in [0.29, 0.717) is 24.5 Å². The average molecular weight is 412 g/mol. The van der Waals surface area contributed by atoms with Crippen molar-refractivity contribution in [3.05, 3.63) is 54.1 Å². The second-order valence-corrected chi connectivity index (χ2v) is 7.09. The fourth-order valence-corrected chi connectivity index (χ4v) is 2.99. The Morgan fingerprint density at radius 2 is 1.80 bits per heavy atom. The Balaban J connectivity index is 1.40. The van der Waals surface area contributed by atoms with Crippen LogP contribution in [0.2, 0.25) is 0 Å². The van der Waals surface area contributed by atoms with Crippen molar-refractivity contribution in [1.29, 1.82) is 0 Å². The topological polar surface area (TPSA) is 85.9 Å². The van der Waals surface area contributed by atoms with Crippen molar-refractivity contribution >= 4 is 23.3 Å². The summed E-state index contributed by atoms with van der Waals surface area (Å²) in [6.45, 7) is 3.81. The molecule has 1 amide bonds. The Morgan fingerprint density at radius 3 is 2.47 bits per heavy atom. The SMILES string of the molecule is CCCOC(=O)c1ccc(NCC(=O)Nc2ccc(OCC3CCCO3)cc2)cc1. The maximum absolute atomic E-state index is 12.2. The van der Waals surface area contributed by atoms with Gasteiger partial charge in [-0.25, -0.2) is 4.79 Å². The van der Waals surface area contributed by atoms with Gasteiger partial charge in [-0.15, -0.1) is 0 Å². The number of esters is 1. The smallest absolute Gasteiger partial charge is 0.338 e. The summed E-state index contributed by atoms with van der Waals surface area (Å²) in [4.78, 5) is 24.0. The van der Waals surface area contributed by atoms with Gasteiger partial charge in [0.1, 0.15) is 12.4 Å². The zero-order valence-electron chi connectivity index (χ0n) is 17.2. The quantitative estimate of drug-likeness (QED) is 0.577. The van der Waals surface area contributed by atoms with E-state index in [2.05, 4.69) is 10.6 Å². The van der Waals surface area contributed by atoms with Crippen LogP contribution in [0.4, 0.5) is 11.4 Å². The predicted molar refractivity (Wildman–Crippen MR) is 115 cm³/mol. The van der Waals surface area contributed by atoms with E-state index in [1.54, 1.807) is 36.4 Å². The molecule has 0 saturated carbocycles. The van der Waals surface area contributed by atoms with Gasteiger partial charge in [-0.3, -0.25) is 4.79 Å². The molecule has 1 unspecified atom stereocenters. The lowest BCUT2D eigenvalue weighted by molar-refractivity contribution is -0.114. The Hall–Kier alpha value is -3.06. The molecule has 0 spiro atoms. The van der Waals surface area contributed by atoms with Crippen LogP contribution in [-0.4, -0.2) is 44.3 Å². The molecule has 1 aliphatic rings. The number of carbonyl (C=O) groups excluding carboxylic acids is 2. The highest BCUT2D eigenvalue weighted by molar-refractivity contribution is 5.94. The highest BCUT2D eigenvalue weighted by Crippen LogP contribution is 2.18. The molecule has 160 valence electrons. The summed E-state index contributed by atoms with van der Waals surface area (Å²) in [6, 6.07) is 14.1. The van der Waals surface area contributed by atoms with Crippen molar-refractivity contribution in [2.75, 3.05) is 37.0 Å². The van der Waals surface area contributed by atoms with Crippen LogP contribution in [0.15, 0.2) is 48.5 Å². The average Bonchev–Trinajstić information content (AvgIpc) is 3.30. The minimum Gasteiger partial charge on any atom is -0.491 e. The Kier molecular flexibility index (Phi) is 8.09. The van der Waals surface area contributed by atoms with Crippen LogP contribution < -0.4 is 15.4 Å². The summed E-state index contributed by atoms with van der Waals surface area (Å²) in [7, 11) is 0. The zero-order valence-corrected chi connectivity index (χ0v) is 17.2. The molecular formula is C23H28N2O5. The third-order valence-electron chi connectivity index (χ3n) is 4.61. The van der Waals surface area contributed by atoms with Gasteiger partial charge in [-0.2, -0.15) is 0 Å². The van der Waals surface area contributed by atoms with E-state index in [1.165, 1.54) is 0 Å². The molecule has 1 saturated heterocycles.